The van der Waals surface area contributed by atoms with E-state index < -0.39 is 0 Å². The SMILES string of the molecule is CC/C=C/c1cc2c(cc1O)CCC1C2CC[C@@]2(C)C1CC[C@@H]2O. The minimum absolute atomic E-state index is 0.104. The molecule has 1 aromatic rings. The highest BCUT2D eigenvalue weighted by Gasteiger charge is 2.54. The van der Waals surface area contributed by atoms with Gasteiger partial charge in [-0.25, -0.2) is 0 Å². The number of rotatable bonds is 2. The van der Waals surface area contributed by atoms with Crippen molar-refractivity contribution in [3.63, 3.8) is 0 Å². The second-order valence-corrected chi connectivity index (χ2v) is 8.47. The summed E-state index contributed by atoms with van der Waals surface area (Å²) in [7, 11) is 0. The molecular weight excluding hydrogens is 296 g/mol. The van der Waals surface area contributed by atoms with Crippen molar-refractivity contribution in [3.05, 3.63) is 34.9 Å². The number of phenolic OH excluding ortho intramolecular Hbond substituents is 1. The first-order valence-corrected chi connectivity index (χ1v) is 9.75. The summed E-state index contributed by atoms with van der Waals surface area (Å²) in [5.41, 5.74) is 3.93. The molecule has 1 aromatic carbocycles. The van der Waals surface area contributed by atoms with Crippen molar-refractivity contribution in [2.24, 2.45) is 17.3 Å². The molecule has 0 spiro atoms. The quantitative estimate of drug-likeness (QED) is 0.800. The Morgan fingerprint density at radius 1 is 1.21 bits per heavy atom. The number of hydrogen-bond acceptors (Lipinski definition) is 2. The molecule has 5 atom stereocenters. The Labute approximate surface area is 145 Å². The summed E-state index contributed by atoms with van der Waals surface area (Å²) in [6.45, 7) is 4.45. The minimum atomic E-state index is -0.104. The van der Waals surface area contributed by atoms with E-state index in [9.17, 15) is 10.2 Å². The van der Waals surface area contributed by atoms with Gasteiger partial charge in [0, 0.05) is 5.56 Å². The zero-order chi connectivity index (χ0) is 16.9. The molecule has 3 aliphatic rings. The van der Waals surface area contributed by atoms with Crippen LogP contribution >= 0.6 is 0 Å². The van der Waals surface area contributed by atoms with Crippen molar-refractivity contribution in [1.82, 2.24) is 0 Å². The summed E-state index contributed by atoms with van der Waals surface area (Å²) < 4.78 is 0. The minimum Gasteiger partial charge on any atom is -0.507 e. The van der Waals surface area contributed by atoms with E-state index in [0.29, 0.717) is 23.5 Å². The second kappa shape index (κ2) is 5.91. The first kappa shape index (κ1) is 16.2. The summed E-state index contributed by atoms with van der Waals surface area (Å²) in [5, 5.41) is 20.8. The molecule has 24 heavy (non-hydrogen) atoms. The van der Waals surface area contributed by atoms with Gasteiger partial charge in [0.2, 0.25) is 0 Å². The van der Waals surface area contributed by atoms with Gasteiger partial charge in [-0.3, -0.25) is 0 Å². The van der Waals surface area contributed by atoms with Crippen LogP contribution in [-0.4, -0.2) is 16.3 Å². The Bertz CT molecular complexity index is 662. The van der Waals surface area contributed by atoms with E-state index in [-0.39, 0.29) is 11.5 Å². The van der Waals surface area contributed by atoms with E-state index in [1.807, 2.05) is 6.07 Å². The maximum absolute atomic E-state index is 10.5. The average Bonchev–Trinajstić information content (AvgIpc) is 2.88. The molecule has 2 N–H and O–H groups in total. The van der Waals surface area contributed by atoms with Crippen LogP contribution in [0.4, 0.5) is 0 Å². The lowest BCUT2D eigenvalue weighted by Crippen LogP contribution is -2.43. The lowest BCUT2D eigenvalue weighted by molar-refractivity contribution is -0.0226. The van der Waals surface area contributed by atoms with Crippen LogP contribution in [0.5, 0.6) is 5.75 Å². The van der Waals surface area contributed by atoms with Gasteiger partial charge in [0.25, 0.3) is 0 Å². The highest BCUT2D eigenvalue weighted by molar-refractivity contribution is 5.60. The lowest BCUT2D eigenvalue weighted by Gasteiger charge is -2.50. The number of aliphatic hydroxyl groups excluding tert-OH is 1. The number of aromatic hydroxyl groups is 1. The zero-order valence-electron chi connectivity index (χ0n) is 15.0. The van der Waals surface area contributed by atoms with E-state index >= 15 is 0 Å². The van der Waals surface area contributed by atoms with Gasteiger partial charge in [-0.2, -0.15) is 0 Å². The first-order valence-electron chi connectivity index (χ1n) is 9.75. The fraction of sp³-hybridized carbons (Fsp3) is 0.636. The van der Waals surface area contributed by atoms with Crippen molar-refractivity contribution in [2.45, 2.75) is 70.8 Å². The highest BCUT2D eigenvalue weighted by Crippen LogP contribution is 2.61. The second-order valence-electron chi connectivity index (χ2n) is 8.47. The summed E-state index contributed by atoms with van der Waals surface area (Å²) in [6.07, 6.45) is 11.8. The number of allylic oxidation sites excluding steroid dienone is 1. The fourth-order valence-electron chi connectivity index (χ4n) is 5.98. The van der Waals surface area contributed by atoms with Gasteiger partial charge in [0.15, 0.2) is 0 Å². The maximum atomic E-state index is 10.5. The number of aryl methyl sites for hydroxylation is 1. The normalized spacial score (nSPS) is 38.0. The number of phenols is 1. The van der Waals surface area contributed by atoms with Crippen LogP contribution < -0.4 is 0 Å². The highest BCUT2D eigenvalue weighted by atomic mass is 16.3. The van der Waals surface area contributed by atoms with E-state index in [2.05, 4.69) is 32.1 Å². The smallest absolute Gasteiger partial charge is 0.123 e. The Morgan fingerprint density at radius 2 is 2.04 bits per heavy atom. The van der Waals surface area contributed by atoms with Crippen LogP contribution in [0.1, 0.15) is 75.0 Å². The number of benzene rings is 1. The summed E-state index contributed by atoms with van der Waals surface area (Å²) >= 11 is 0. The molecule has 3 unspecified atom stereocenters. The van der Waals surface area contributed by atoms with Gasteiger partial charge in [-0.1, -0.05) is 26.0 Å². The topological polar surface area (TPSA) is 40.5 Å². The number of fused-ring (bicyclic) bond motifs is 5. The monoisotopic (exact) mass is 326 g/mol. The average molecular weight is 326 g/mol. The molecule has 4 rings (SSSR count). The van der Waals surface area contributed by atoms with Crippen LogP contribution in [0.3, 0.4) is 0 Å². The van der Waals surface area contributed by atoms with Crippen molar-refractivity contribution >= 4 is 6.08 Å². The third-order valence-electron chi connectivity index (χ3n) is 7.36. The zero-order valence-corrected chi connectivity index (χ0v) is 15.0. The molecule has 0 saturated heterocycles. The molecule has 0 aliphatic heterocycles. The van der Waals surface area contributed by atoms with Gasteiger partial charge >= 0.3 is 0 Å². The molecule has 130 valence electrons. The van der Waals surface area contributed by atoms with Gasteiger partial charge in [0.1, 0.15) is 5.75 Å². The molecule has 0 bridgehead atoms. The molecule has 2 saturated carbocycles. The standard InChI is InChI=1S/C22H30O2/c1-3-4-5-15-12-18-14(13-20(15)23)6-7-17-16(18)10-11-22(2)19(17)8-9-21(22)24/h4-5,12-13,16-17,19,21,23-24H,3,6-11H2,1-2H3/b5-4+/t16?,17?,19?,21-,22-/m0/s1. The van der Waals surface area contributed by atoms with Gasteiger partial charge < -0.3 is 10.2 Å². The molecule has 2 fully saturated rings. The van der Waals surface area contributed by atoms with Crippen molar-refractivity contribution in [3.8, 4) is 5.75 Å². The number of aliphatic hydroxyl groups is 1. The summed E-state index contributed by atoms with van der Waals surface area (Å²) in [4.78, 5) is 0. The summed E-state index contributed by atoms with van der Waals surface area (Å²) in [6, 6.07) is 4.26. The van der Waals surface area contributed by atoms with Crippen LogP contribution in [0.2, 0.25) is 0 Å². The summed E-state index contributed by atoms with van der Waals surface area (Å²) in [5.74, 6) is 2.42. The Balaban J connectivity index is 1.70. The Hall–Kier alpha value is -1.28. The third-order valence-corrected chi connectivity index (χ3v) is 7.36. The molecular formula is C22H30O2. The lowest BCUT2D eigenvalue weighted by atomic mass is 9.55. The fourth-order valence-corrected chi connectivity index (χ4v) is 5.98. The van der Waals surface area contributed by atoms with Crippen molar-refractivity contribution in [1.29, 1.82) is 0 Å². The van der Waals surface area contributed by atoms with E-state index in [0.717, 1.165) is 31.2 Å². The van der Waals surface area contributed by atoms with E-state index in [1.165, 1.54) is 30.4 Å². The first-order chi connectivity index (χ1) is 11.5. The molecule has 0 radical (unpaired) electrons. The van der Waals surface area contributed by atoms with Gasteiger partial charge in [-0.05, 0) is 91.4 Å². The van der Waals surface area contributed by atoms with Crippen LogP contribution in [0.25, 0.3) is 6.08 Å². The van der Waals surface area contributed by atoms with E-state index in [4.69, 9.17) is 0 Å². The third kappa shape index (κ3) is 2.34. The molecule has 2 heteroatoms. The van der Waals surface area contributed by atoms with Gasteiger partial charge in [0.05, 0.1) is 6.10 Å². The molecule has 0 amide bonds. The number of hydrogen-bond donors (Lipinski definition) is 2. The Morgan fingerprint density at radius 3 is 2.83 bits per heavy atom. The molecule has 3 aliphatic carbocycles. The van der Waals surface area contributed by atoms with E-state index in [1.54, 1.807) is 0 Å². The van der Waals surface area contributed by atoms with Gasteiger partial charge in [-0.15, -0.1) is 0 Å². The predicted molar refractivity (Wildman–Crippen MR) is 98.1 cm³/mol. The van der Waals surface area contributed by atoms with Crippen LogP contribution in [-0.2, 0) is 6.42 Å². The van der Waals surface area contributed by atoms with Crippen LogP contribution in [0.15, 0.2) is 18.2 Å². The predicted octanol–water partition coefficient (Wildman–Crippen LogP) is 5.03. The largest absolute Gasteiger partial charge is 0.507 e. The van der Waals surface area contributed by atoms with Crippen LogP contribution in [0, 0.1) is 17.3 Å². The maximum Gasteiger partial charge on any atom is 0.123 e. The molecule has 0 heterocycles. The molecule has 2 nitrogen and oxygen atoms in total. The molecule has 0 aromatic heterocycles. The van der Waals surface area contributed by atoms with Crippen molar-refractivity contribution in [2.75, 3.05) is 0 Å². The Kier molecular flexibility index (Phi) is 3.99. The van der Waals surface area contributed by atoms with Crippen molar-refractivity contribution < 1.29 is 10.2 Å².